The standard InChI is InChI=1S/C19H17N7O2/c1-25-18(21-23-24-25)12-6-5-7-13(10-12)20-17(27)11-16-14-8-3-4-9-15(14)19(28)26(2)22-16/h3-10H,11H2,1-2H3,(H,20,27). The molecule has 4 rings (SSSR count). The zero-order valence-corrected chi connectivity index (χ0v) is 15.3. The highest BCUT2D eigenvalue weighted by Crippen LogP contribution is 2.20. The van der Waals surface area contributed by atoms with E-state index < -0.39 is 0 Å². The topological polar surface area (TPSA) is 108 Å². The summed E-state index contributed by atoms with van der Waals surface area (Å²) in [5.41, 5.74) is 1.77. The molecule has 0 spiro atoms. The zero-order chi connectivity index (χ0) is 19.7. The first kappa shape index (κ1) is 17.5. The van der Waals surface area contributed by atoms with E-state index >= 15 is 0 Å². The number of amides is 1. The molecule has 9 nitrogen and oxygen atoms in total. The molecule has 2 aromatic carbocycles. The first-order valence-corrected chi connectivity index (χ1v) is 8.60. The number of aryl methyl sites for hydroxylation is 2. The van der Waals surface area contributed by atoms with Crippen molar-refractivity contribution in [1.82, 2.24) is 30.0 Å². The average molecular weight is 375 g/mol. The van der Waals surface area contributed by atoms with Crippen LogP contribution in [0.5, 0.6) is 0 Å². The fraction of sp³-hybridized carbons (Fsp3) is 0.158. The zero-order valence-electron chi connectivity index (χ0n) is 15.3. The summed E-state index contributed by atoms with van der Waals surface area (Å²) in [4.78, 5) is 24.8. The molecule has 2 aromatic heterocycles. The van der Waals surface area contributed by atoms with Gasteiger partial charge in [-0.2, -0.15) is 5.10 Å². The van der Waals surface area contributed by atoms with Crippen molar-refractivity contribution in [3.8, 4) is 11.4 Å². The molecule has 1 N–H and O–H groups in total. The molecule has 0 aliphatic rings. The van der Waals surface area contributed by atoms with Gasteiger partial charge in [-0.25, -0.2) is 9.36 Å². The molecular weight excluding hydrogens is 358 g/mol. The monoisotopic (exact) mass is 375 g/mol. The van der Waals surface area contributed by atoms with Crippen molar-refractivity contribution in [2.24, 2.45) is 14.1 Å². The molecule has 0 radical (unpaired) electrons. The van der Waals surface area contributed by atoms with Crippen molar-refractivity contribution < 1.29 is 4.79 Å². The normalized spacial score (nSPS) is 10.9. The van der Waals surface area contributed by atoms with E-state index in [0.29, 0.717) is 28.0 Å². The Labute approximate surface area is 159 Å². The Morgan fingerprint density at radius 3 is 2.57 bits per heavy atom. The number of carbonyl (C=O) groups excluding carboxylic acids is 1. The number of aromatic nitrogens is 6. The Morgan fingerprint density at radius 2 is 1.82 bits per heavy atom. The van der Waals surface area contributed by atoms with Crippen molar-refractivity contribution >= 4 is 22.4 Å². The maximum Gasteiger partial charge on any atom is 0.274 e. The molecule has 0 saturated heterocycles. The lowest BCUT2D eigenvalue weighted by Crippen LogP contribution is -2.24. The van der Waals surface area contributed by atoms with Crippen LogP contribution in [0.1, 0.15) is 5.69 Å². The quantitative estimate of drug-likeness (QED) is 0.576. The van der Waals surface area contributed by atoms with Gasteiger partial charge in [0, 0.05) is 30.7 Å². The van der Waals surface area contributed by atoms with E-state index in [2.05, 4.69) is 25.9 Å². The molecule has 28 heavy (non-hydrogen) atoms. The summed E-state index contributed by atoms with van der Waals surface area (Å²) in [6, 6.07) is 14.4. The maximum absolute atomic E-state index is 12.6. The summed E-state index contributed by atoms with van der Waals surface area (Å²) >= 11 is 0. The lowest BCUT2D eigenvalue weighted by atomic mass is 10.1. The van der Waals surface area contributed by atoms with E-state index in [-0.39, 0.29) is 17.9 Å². The van der Waals surface area contributed by atoms with E-state index in [1.807, 2.05) is 18.2 Å². The summed E-state index contributed by atoms with van der Waals surface area (Å²) in [6.07, 6.45) is 0.0460. The van der Waals surface area contributed by atoms with E-state index in [4.69, 9.17) is 0 Å². The highest BCUT2D eigenvalue weighted by molar-refractivity contribution is 5.95. The smallest absolute Gasteiger partial charge is 0.274 e. The molecule has 9 heteroatoms. The molecule has 4 aromatic rings. The van der Waals surface area contributed by atoms with Gasteiger partial charge in [-0.05, 0) is 28.6 Å². The Morgan fingerprint density at radius 1 is 1.04 bits per heavy atom. The van der Waals surface area contributed by atoms with Crippen LogP contribution < -0.4 is 10.9 Å². The fourth-order valence-electron chi connectivity index (χ4n) is 3.07. The van der Waals surface area contributed by atoms with Gasteiger partial charge in [0.2, 0.25) is 5.91 Å². The molecule has 0 aliphatic heterocycles. The van der Waals surface area contributed by atoms with E-state index in [0.717, 1.165) is 5.56 Å². The van der Waals surface area contributed by atoms with Crippen LogP contribution in [-0.2, 0) is 25.3 Å². The van der Waals surface area contributed by atoms with Crippen LogP contribution in [0.3, 0.4) is 0 Å². The van der Waals surface area contributed by atoms with Gasteiger partial charge >= 0.3 is 0 Å². The van der Waals surface area contributed by atoms with Gasteiger partial charge in [0.1, 0.15) is 0 Å². The summed E-state index contributed by atoms with van der Waals surface area (Å²) in [7, 11) is 3.33. The molecule has 0 unspecified atom stereocenters. The van der Waals surface area contributed by atoms with Crippen molar-refractivity contribution in [3.05, 3.63) is 64.6 Å². The predicted molar refractivity (Wildman–Crippen MR) is 104 cm³/mol. The van der Waals surface area contributed by atoms with E-state index in [1.165, 1.54) is 4.68 Å². The van der Waals surface area contributed by atoms with Gasteiger partial charge < -0.3 is 5.32 Å². The number of nitrogens with zero attached hydrogens (tertiary/aromatic N) is 6. The number of fused-ring (bicyclic) bond motifs is 1. The van der Waals surface area contributed by atoms with Crippen LogP contribution in [0.15, 0.2) is 53.3 Å². The molecule has 140 valence electrons. The van der Waals surface area contributed by atoms with Crippen LogP contribution in [0.2, 0.25) is 0 Å². The summed E-state index contributed by atoms with van der Waals surface area (Å²) < 4.78 is 2.81. The second-order valence-electron chi connectivity index (χ2n) is 6.35. The van der Waals surface area contributed by atoms with Crippen LogP contribution >= 0.6 is 0 Å². The molecule has 1 amide bonds. The summed E-state index contributed by atoms with van der Waals surface area (Å²) in [5, 5.41) is 19.8. The molecular formula is C19H17N7O2. The molecule has 0 bridgehead atoms. The minimum atomic E-state index is -0.232. The SMILES string of the molecule is Cn1nnnc1-c1cccc(NC(=O)Cc2nn(C)c(=O)c3ccccc23)c1. The number of nitrogens with one attached hydrogen (secondary N) is 1. The Bertz CT molecular complexity index is 1240. The van der Waals surface area contributed by atoms with E-state index in [1.54, 1.807) is 49.1 Å². The molecule has 2 heterocycles. The predicted octanol–water partition coefficient (Wildman–Crippen LogP) is 1.31. The van der Waals surface area contributed by atoms with E-state index in [9.17, 15) is 9.59 Å². The second kappa shape index (κ2) is 7.03. The van der Waals surface area contributed by atoms with Gasteiger partial charge in [0.15, 0.2) is 5.82 Å². The van der Waals surface area contributed by atoms with Crippen molar-refractivity contribution in [1.29, 1.82) is 0 Å². The fourth-order valence-corrected chi connectivity index (χ4v) is 3.07. The Kier molecular flexibility index (Phi) is 4.40. The van der Waals surface area contributed by atoms with Gasteiger partial charge in [-0.1, -0.05) is 30.3 Å². The highest BCUT2D eigenvalue weighted by atomic mass is 16.1. The number of carbonyl (C=O) groups is 1. The third-order valence-corrected chi connectivity index (χ3v) is 4.39. The lowest BCUT2D eigenvalue weighted by Gasteiger charge is -2.09. The van der Waals surface area contributed by atoms with Crippen molar-refractivity contribution in [2.75, 3.05) is 5.32 Å². The van der Waals surface area contributed by atoms with Gasteiger partial charge in [-0.3, -0.25) is 9.59 Å². The van der Waals surface area contributed by atoms with Crippen LogP contribution in [0, 0.1) is 0 Å². The first-order chi connectivity index (χ1) is 13.5. The molecule has 0 fully saturated rings. The van der Waals surface area contributed by atoms with Crippen LogP contribution in [0.4, 0.5) is 5.69 Å². The summed E-state index contributed by atoms with van der Waals surface area (Å²) in [6.45, 7) is 0. The van der Waals surface area contributed by atoms with Gasteiger partial charge in [0.25, 0.3) is 5.56 Å². The van der Waals surface area contributed by atoms with Crippen molar-refractivity contribution in [3.63, 3.8) is 0 Å². The average Bonchev–Trinajstić information content (AvgIpc) is 3.12. The largest absolute Gasteiger partial charge is 0.326 e. The molecule has 0 aliphatic carbocycles. The van der Waals surface area contributed by atoms with Crippen molar-refractivity contribution in [2.45, 2.75) is 6.42 Å². The number of hydrogen-bond donors (Lipinski definition) is 1. The number of anilines is 1. The third-order valence-electron chi connectivity index (χ3n) is 4.39. The van der Waals surface area contributed by atoms with Crippen LogP contribution in [0.25, 0.3) is 22.2 Å². The lowest BCUT2D eigenvalue weighted by molar-refractivity contribution is -0.115. The third kappa shape index (κ3) is 3.25. The minimum Gasteiger partial charge on any atom is -0.326 e. The number of benzene rings is 2. The maximum atomic E-state index is 12.6. The number of hydrogen-bond acceptors (Lipinski definition) is 6. The highest BCUT2D eigenvalue weighted by Gasteiger charge is 2.13. The number of tetrazole rings is 1. The Balaban J connectivity index is 1.59. The second-order valence-corrected chi connectivity index (χ2v) is 6.35. The number of rotatable bonds is 4. The van der Waals surface area contributed by atoms with Gasteiger partial charge in [-0.15, -0.1) is 5.10 Å². The molecule has 0 saturated carbocycles. The van der Waals surface area contributed by atoms with Gasteiger partial charge in [0.05, 0.1) is 17.5 Å². The first-order valence-electron chi connectivity index (χ1n) is 8.60. The minimum absolute atomic E-state index is 0.0460. The summed E-state index contributed by atoms with van der Waals surface area (Å²) in [5.74, 6) is 0.367. The van der Waals surface area contributed by atoms with Crippen LogP contribution in [-0.4, -0.2) is 35.9 Å². The molecule has 0 atom stereocenters. The Hall–Kier alpha value is -3.88.